The second-order valence-electron chi connectivity index (χ2n) is 9.69. The van der Waals surface area contributed by atoms with Gasteiger partial charge in [0.1, 0.15) is 24.3 Å². The Hall–Kier alpha value is -3.86. The Kier molecular flexibility index (Phi) is 28.1. The number of piperidine rings is 2. The number of carbonyl (C=O) groups is 4. The van der Waals surface area contributed by atoms with Crippen molar-refractivity contribution in [3.63, 3.8) is 0 Å². The van der Waals surface area contributed by atoms with Crippen LogP contribution < -0.4 is 5.73 Å². The molecule has 11 nitrogen and oxygen atoms in total. The van der Waals surface area contributed by atoms with Gasteiger partial charge in [0.2, 0.25) is 0 Å². The van der Waals surface area contributed by atoms with Crippen LogP contribution in [-0.2, 0) is 46.6 Å². The predicted octanol–water partition coefficient (Wildman–Crippen LogP) is 3.60. The Bertz CT molecular complexity index is 1030. The Morgan fingerprint density at radius 2 is 1.45 bits per heavy atom. The molecule has 0 radical (unpaired) electrons. The molecule has 244 valence electrons. The third kappa shape index (κ3) is 22.7. The van der Waals surface area contributed by atoms with Crippen LogP contribution >= 0.6 is 0 Å². The molecule has 44 heavy (non-hydrogen) atoms. The summed E-state index contributed by atoms with van der Waals surface area (Å²) in [6.07, 6.45) is 7.53. The van der Waals surface area contributed by atoms with Crippen LogP contribution in [0.25, 0.3) is 0 Å². The van der Waals surface area contributed by atoms with E-state index in [-0.39, 0.29) is 18.4 Å². The van der Waals surface area contributed by atoms with Gasteiger partial charge in [0.05, 0.1) is 0 Å². The molecule has 2 aromatic rings. The van der Waals surface area contributed by atoms with Crippen molar-refractivity contribution >= 4 is 30.0 Å². The SMILES string of the molecule is CC(=O)CC(=O)O.CO.COCCCC=O.NCc1ccccc1.O=C1CC2CCCC(C1)N2Cc1ccccc1.O=C=O. The number of nitrogens with two attached hydrogens (primary N) is 1. The van der Waals surface area contributed by atoms with Crippen molar-refractivity contribution in [2.24, 2.45) is 5.73 Å². The van der Waals surface area contributed by atoms with Gasteiger partial charge in [-0.25, -0.2) is 0 Å². The summed E-state index contributed by atoms with van der Waals surface area (Å²) in [6.45, 7) is 3.59. The number of unbranched alkanes of at least 4 members (excludes halogenated alkanes) is 1. The van der Waals surface area contributed by atoms with Crippen molar-refractivity contribution in [2.45, 2.75) is 83.5 Å². The average molecular weight is 617 g/mol. The molecule has 11 heteroatoms. The van der Waals surface area contributed by atoms with E-state index in [1.165, 1.54) is 37.3 Å². The minimum atomic E-state index is -1.06. The fraction of sp³-hybridized carbons (Fsp3) is 0.485. The molecular formula is C33H48N2O9. The molecule has 2 atom stereocenters. The first kappa shape index (κ1) is 42.3. The largest absolute Gasteiger partial charge is 0.481 e. The van der Waals surface area contributed by atoms with E-state index >= 15 is 0 Å². The van der Waals surface area contributed by atoms with Crippen LogP contribution in [0.15, 0.2) is 60.7 Å². The number of carboxylic acid groups (broad SMARTS) is 1. The molecular weight excluding hydrogens is 568 g/mol. The normalized spacial score (nSPS) is 16.0. The molecule has 2 bridgehead atoms. The van der Waals surface area contributed by atoms with Crippen molar-refractivity contribution in [3.05, 3.63) is 71.8 Å². The lowest BCUT2D eigenvalue weighted by Gasteiger charge is -2.45. The third-order valence-electron chi connectivity index (χ3n) is 6.30. The van der Waals surface area contributed by atoms with E-state index in [2.05, 4.69) is 40.0 Å². The van der Waals surface area contributed by atoms with E-state index in [0.717, 1.165) is 39.2 Å². The number of ketones is 2. The van der Waals surface area contributed by atoms with Gasteiger partial charge >= 0.3 is 12.1 Å². The van der Waals surface area contributed by atoms with E-state index < -0.39 is 5.97 Å². The standard InChI is InChI=1S/C15H19NO.C7H9N.C5H10O2.C4H6O3.CO2.CH4O/c17-15-9-13-7-4-8-14(10-15)16(13)11-12-5-2-1-3-6-12;8-6-7-4-2-1-3-5-7;1-7-5-3-2-4-6;1-3(5)2-4(6)7;2-1-3;1-2/h1-3,5-6,13-14H,4,7-11H2;1-5H,6,8H2;4H,2-3,5H2,1H3;2H2,1H3,(H,6,7);;2H,1H3. The zero-order valence-corrected chi connectivity index (χ0v) is 26.1. The summed E-state index contributed by atoms with van der Waals surface area (Å²) in [5.74, 6) is -0.899. The minimum Gasteiger partial charge on any atom is -0.481 e. The van der Waals surface area contributed by atoms with E-state index in [1.54, 1.807) is 7.11 Å². The number of aliphatic carboxylic acids is 1. The van der Waals surface area contributed by atoms with Crippen LogP contribution in [0, 0.1) is 0 Å². The fourth-order valence-electron chi connectivity index (χ4n) is 4.46. The Balaban J connectivity index is 0. The van der Waals surface area contributed by atoms with Gasteiger partial charge < -0.3 is 25.5 Å². The molecule has 2 aliphatic heterocycles. The quantitative estimate of drug-likeness (QED) is 0.213. The Morgan fingerprint density at radius 3 is 1.80 bits per heavy atom. The zero-order chi connectivity index (χ0) is 33.6. The number of aliphatic hydroxyl groups is 1. The number of Topliss-reactive ketones (excluding diaryl/α,β-unsaturated/α-hetero) is 2. The maximum Gasteiger partial charge on any atom is 0.373 e. The summed E-state index contributed by atoms with van der Waals surface area (Å²) in [4.78, 5) is 59.6. The molecule has 2 aromatic carbocycles. The van der Waals surface area contributed by atoms with Crippen LogP contribution in [0.2, 0.25) is 0 Å². The van der Waals surface area contributed by atoms with E-state index in [1.807, 2.05) is 30.3 Å². The van der Waals surface area contributed by atoms with Gasteiger partial charge in [-0.1, -0.05) is 67.1 Å². The van der Waals surface area contributed by atoms with Gasteiger partial charge in [0.25, 0.3) is 0 Å². The smallest absolute Gasteiger partial charge is 0.373 e. The maximum absolute atomic E-state index is 11.6. The molecule has 2 saturated heterocycles. The van der Waals surface area contributed by atoms with Gasteiger partial charge in [-0.15, -0.1) is 0 Å². The first-order valence-corrected chi connectivity index (χ1v) is 14.3. The van der Waals surface area contributed by atoms with E-state index in [0.29, 0.717) is 37.4 Å². The highest BCUT2D eigenvalue weighted by atomic mass is 16.5. The summed E-state index contributed by atoms with van der Waals surface area (Å²) in [5, 5.41) is 14.9. The van der Waals surface area contributed by atoms with Crippen LogP contribution in [0.3, 0.4) is 0 Å². The molecule has 2 aliphatic rings. The molecule has 4 N–H and O–H groups in total. The second-order valence-corrected chi connectivity index (χ2v) is 9.69. The van der Waals surface area contributed by atoms with Gasteiger partial charge in [-0.05, 0) is 37.3 Å². The van der Waals surface area contributed by atoms with Gasteiger partial charge in [0.15, 0.2) is 0 Å². The van der Waals surface area contributed by atoms with Crippen molar-refractivity contribution < 1.29 is 43.7 Å². The number of methoxy groups -OCH3 is 1. The maximum atomic E-state index is 11.6. The van der Waals surface area contributed by atoms with Crippen LogP contribution in [-0.4, -0.2) is 78.0 Å². The van der Waals surface area contributed by atoms with Crippen LogP contribution in [0.5, 0.6) is 0 Å². The number of hydrogen-bond acceptors (Lipinski definition) is 10. The molecule has 0 aromatic heterocycles. The molecule has 2 heterocycles. The predicted molar refractivity (Wildman–Crippen MR) is 165 cm³/mol. The van der Waals surface area contributed by atoms with Crippen molar-refractivity contribution in [1.29, 1.82) is 0 Å². The Labute approximate surface area is 260 Å². The molecule has 2 unspecified atom stereocenters. The monoisotopic (exact) mass is 616 g/mol. The van der Waals surface area contributed by atoms with Crippen molar-refractivity contribution in [1.82, 2.24) is 4.90 Å². The van der Waals surface area contributed by atoms with Crippen LogP contribution in [0.1, 0.15) is 69.4 Å². The summed E-state index contributed by atoms with van der Waals surface area (Å²) < 4.78 is 4.69. The number of aldehydes is 1. The summed E-state index contributed by atoms with van der Waals surface area (Å²) in [5.41, 5.74) is 7.91. The van der Waals surface area contributed by atoms with Gasteiger partial charge in [0, 0.05) is 65.3 Å². The highest BCUT2D eigenvalue weighted by Gasteiger charge is 2.37. The number of carboxylic acids is 1. The Morgan fingerprint density at radius 1 is 0.977 bits per heavy atom. The van der Waals surface area contributed by atoms with Gasteiger partial charge in [-0.3, -0.25) is 19.3 Å². The number of nitrogens with zero attached hydrogens (tertiary/aromatic N) is 1. The molecule has 0 saturated carbocycles. The molecule has 4 rings (SSSR count). The second kappa shape index (κ2) is 29.2. The lowest BCUT2D eigenvalue weighted by molar-refractivity contribution is -0.191. The first-order valence-electron chi connectivity index (χ1n) is 14.3. The topological polar surface area (TPSA) is 181 Å². The number of aliphatic hydroxyl groups excluding tert-OH is 1. The number of fused-ring (bicyclic) bond motifs is 2. The fourth-order valence-corrected chi connectivity index (χ4v) is 4.46. The molecule has 0 amide bonds. The lowest BCUT2D eigenvalue weighted by Crippen LogP contribution is -2.51. The van der Waals surface area contributed by atoms with E-state index in [4.69, 9.17) is 25.5 Å². The molecule has 0 spiro atoms. The third-order valence-corrected chi connectivity index (χ3v) is 6.30. The average Bonchev–Trinajstić information content (AvgIpc) is 3.01. The number of benzene rings is 2. The zero-order valence-electron chi connectivity index (χ0n) is 26.1. The minimum absolute atomic E-state index is 0.250. The summed E-state index contributed by atoms with van der Waals surface area (Å²) >= 11 is 0. The summed E-state index contributed by atoms with van der Waals surface area (Å²) in [7, 11) is 2.63. The highest BCUT2D eigenvalue weighted by Crippen LogP contribution is 2.33. The first-order chi connectivity index (χ1) is 21.2. The van der Waals surface area contributed by atoms with Crippen molar-refractivity contribution in [2.75, 3.05) is 20.8 Å². The number of hydrogen-bond donors (Lipinski definition) is 3. The van der Waals surface area contributed by atoms with Gasteiger partial charge in [-0.2, -0.15) is 9.59 Å². The highest BCUT2D eigenvalue weighted by molar-refractivity contribution is 5.93. The molecule has 0 aliphatic carbocycles. The van der Waals surface area contributed by atoms with Crippen LogP contribution in [0.4, 0.5) is 0 Å². The number of carbonyl (C=O) groups excluding carboxylic acids is 5. The summed E-state index contributed by atoms with van der Waals surface area (Å²) in [6, 6.07) is 21.6. The molecule has 2 fully saturated rings. The lowest BCUT2D eigenvalue weighted by atomic mass is 9.83. The van der Waals surface area contributed by atoms with Crippen molar-refractivity contribution in [3.8, 4) is 0 Å². The number of rotatable bonds is 9. The van der Waals surface area contributed by atoms with E-state index in [9.17, 15) is 19.2 Å². The number of ether oxygens (including phenoxy) is 1.